The molecule has 0 radical (unpaired) electrons. The summed E-state index contributed by atoms with van der Waals surface area (Å²) in [5.74, 6) is 2.60. The summed E-state index contributed by atoms with van der Waals surface area (Å²) in [6.45, 7) is 6.54. The van der Waals surface area contributed by atoms with Crippen LogP contribution in [-0.2, 0) is 19.7 Å². The summed E-state index contributed by atoms with van der Waals surface area (Å²) in [6.07, 6.45) is 1.74. The van der Waals surface area contributed by atoms with E-state index in [4.69, 9.17) is 13.9 Å². The van der Waals surface area contributed by atoms with E-state index in [1.165, 1.54) is 5.56 Å². The Balaban J connectivity index is 1.33. The molecule has 0 amide bonds. The lowest BCUT2D eigenvalue weighted by molar-refractivity contribution is 0.116. The molecule has 1 aliphatic rings. The van der Waals surface area contributed by atoms with Crippen LogP contribution in [0, 0.1) is 0 Å². The molecule has 152 valence electrons. The number of nitrogens with zero attached hydrogens (tertiary/aromatic N) is 2. The maximum absolute atomic E-state index is 6.06. The van der Waals surface area contributed by atoms with Gasteiger partial charge in [0.05, 0.1) is 19.9 Å². The van der Waals surface area contributed by atoms with Crippen molar-refractivity contribution in [2.24, 2.45) is 0 Å². The Morgan fingerprint density at radius 2 is 1.55 bits per heavy atom. The summed E-state index contributed by atoms with van der Waals surface area (Å²) in [5.41, 5.74) is 2.39. The van der Waals surface area contributed by atoms with Gasteiger partial charge in [0.1, 0.15) is 12.4 Å². The molecule has 0 unspecified atom stereocenters. The maximum Gasteiger partial charge on any atom is 0.161 e. The monoisotopic (exact) mass is 392 g/mol. The predicted octanol–water partition coefficient (Wildman–Crippen LogP) is 4.19. The van der Waals surface area contributed by atoms with Crippen LogP contribution in [-0.4, -0.2) is 43.1 Å². The molecule has 4 rings (SSSR count). The Hall–Kier alpha value is -2.76. The van der Waals surface area contributed by atoms with Gasteiger partial charge in [-0.3, -0.25) is 9.80 Å². The Labute approximate surface area is 172 Å². The molecule has 1 aliphatic heterocycles. The van der Waals surface area contributed by atoms with Crippen LogP contribution >= 0.6 is 0 Å². The molecule has 3 aromatic rings. The van der Waals surface area contributed by atoms with E-state index in [-0.39, 0.29) is 0 Å². The first-order chi connectivity index (χ1) is 14.3. The Kier molecular flexibility index (Phi) is 6.49. The number of hydrogen-bond acceptors (Lipinski definition) is 5. The summed E-state index contributed by atoms with van der Waals surface area (Å²) in [7, 11) is 1.68. The van der Waals surface area contributed by atoms with Crippen molar-refractivity contribution in [3.63, 3.8) is 0 Å². The van der Waals surface area contributed by atoms with E-state index in [1.54, 1.807) is 13.4 Å². The first kappa shape index (κ1) is 19.6. The molecule has 1 saturated heterocycles. The lowest BCUT2D eigenvalue weighted by Crippen LogP contribution is -2.45. The number of piperazine rings is 1. The molecule has 29 heavy (non-hydrogen) atoms. The van der Waals surface area contributed by atoms with Crippen LogP contribution in [0.25, 0.3) is 0 Å². The maximum atomic E-state index is 6.06. The zero-order valence-corrected chi connectivity index (χ0v) is 16.9. The molecule has 0 bridgehead atoms. The van der Waals surface area contributed by atoms with Crippen molar-refractivity contribution in [3.8, 4) is 11.5 Å². The van der Waals surface area contributed by atoms with Crippen LogP contribution < -0.4 is 9.47 Å². The number of furan rings is 1. The summed E-state index contributed by atoms with van der Waals surface area (Å²) in [4.78, 5) is 4.93. The predicted molar refractivity (Wildman–Crippen MR) is 113 cm³/mol. The molecule has 5 nitrogen and oxygen atoms in total. The van der Waals surface area contributed by atoms with Gasteiger partial charge in [0, 0.05) is 32.7 Å². The molecule has 0 spiro atoms. The Morgan fingerprint density at radius 1 is 0.793 bits per heavy atom. The van der Waals surface area contributed by atoms with Crippen molar-refractivity contribution in [2.45, 2.75) is 19.7 Å². The average Bonchev–Trinajstić information content (AvgIpc) is 3.28. The lowest BCUT2D eigenvalue weighted by atomic mass is 10.1. The van der Waals surface area contributed by atoms with Gasteiger partial charge in [-0.2, -0.15) is 0 Å². The van der Waals surface area contributed by atoms with Crippen molar-refractivity contribution >= 4 is 0 Å². The van der Waals surface area contributed by atoms with Crippen molar-refractivity contribution < 1.29 is 13.9 Å². The summed E-state index contributed by atoms with van der Waals surface area (Å²) < 4.78 is 17.0. The second kappa shape index (κ2) is 9.63. The van der Waals surface area contributed by atoms with E-state index in [1.807, 2.05) is 36.4 Å². The highest BCUT2D eigenvalue weighted by Crippen LogP contribution is 2.29. The largest absolute Gasteiger partial charge is 0.493 e. The molecule has 1 aromatic heterocycles. The normalized spacial score (nSPS) is 15.3. The van der Waals surface area contributed by atoms with Gasteiger partial charge in [-0.25, -0.2) is 0 Å². The van der Waals surface area contributed by atoms with Crippen LogP contribution in [0.15, 0.2) is 71.3 Å². The Bertz CT molecular complexity index is 872. The van der Waals surface area contributed by atoms with Gasteiger partial charge in [-0.15, -0.1) is 0 Å². The van der Waals surface area contributed by atoms with Gasteiger partial charge in [0.15, 0.2) is 11.5 Å². The van der Waals surface area contributed by atoms with E-state index < -0.39 is 0 Å². The number of benzene rings is 2. The zero-order valence-electron chi connectivity index (χ0n) is 16.9. The van der Waals surface area contributed by atoms with Crippen molar-refractivity contribution in [1.82, 2.24) is 9.80 Å². The fourth-order valence-corrected chi connectivity index (χ4v) is 3.65. The SMILES string of the molecule is COc1ccc(CN2CCN(Cc3ccco3)CC2)cc1OCc1ccccc1. The average molecular weight is 392 g/mol. The van der Waals surface area contributed by atoms with E-state index >= 15 is 0 Å². The molecule has 0 saturated carbocycles. The van der Waals surface area contributed by atoms with Crippen molar-refractivity contribution in [2.75, 3.05) is 33.3 Å². The fourth-order valence-electron chi connectivity index (χ4n) is 3.65. The second-order valence-electron chi connectivity index (χ2n) is 7.39. The van der Waals surface area contributed by atoms with E-state index in [9.17, 15) is 0 Å². The number of rotatable bonds is 8. The molecular formula is C24H28N2O3. The topological polar surface area (TPSA) is 38.1 Å². The van der Waals surface area contributed by atoms with Gasteiger partial charge >= 0.3 is 0 Å². The second-order valence-corrected chi connectivity index (χ2v) is 7.39. The molecule has 0 N–H and O–H groups in total. The standard InChI is InChI=1S/C24H28N2O3/c1-27-23-10-9-21(16-24(23)29-19-20-6-3-2-4-7-20)17-25-11-13-26(14-12-25)18-22-8-5-15-28-22/h2-10,15-16H,11-14,17-19H2,1H3. The van der Waals surface area contributed by atoms with Gasteiger partial charge in [0.2, 0.25) is 0 Å². The fraction of sp³-hybridized carbons (Fsp3) is 0.333. The highest BCUT2D eigenvalue weighted by molar-refractivity contribution is 5.43. The molecule has 5 heteroatoms. The minimum Gasteiger partial charge on any atom is -0.493 e. The third kappa shape index (κ3) is 5.40. The number of methoxy groups -OCH3 is 1. The molecule has 2 heterocycles. The summed E-state index contributed by atoms with van der Waals surface area (Å²) in [6, 6.07) is 20.4. The quantitative estimate of drug-likeness (QED) is 0.575. The third-order valence-electron chi connectivity index (χ3n) is 5.30. The lowest BCUT2D eigenvalue weighted by Gasteiger charge is -2.34. The van der Waals surface area contributed by atoms with Crippen molar-refractivity contribution in [1.29, 1.82) is 0 Å². The van der Waals surface area contributed by atoms with Crippen molar-refractivity contribution in [3.05, 3.63) is 83.8 Å². The van der Waals surface area contributed by atoms with Gasteiger partial charge in [-0.05, 0) is 35.4 Å². The van der Waals surface area contributed by atoms with E-state index in [0.717, 1.165) is 62.1 Å². The van der Waals surface area contributed by atoms with Gasteiger partial charge in [-0.1, -0.05) is 36.4 Å². The first-order valence-corrected chi connectivity index (χ1v) is 10.1. The van der Waals surface area contributed by atoms with E-state index in [2.05, 4.69) is 34.1 Å². The van der Waals surface area contributed by atoms with Crippen LogP contribution in [0.4, 0.5) is 0 Å². The highest BCUT2D eigenvalue weighted by atomic mass is 16.5. The summed E-state index contributed by atoms with van der Waals surface area (Å²) >= 11 is 0. The molecule has 0 aliphatic carbocycles. The van der Waals surface area contributed by atoms with Crippen LogP contribution in [0.3, 0.4) is 0 Å². The third-order valence-corrected chi connectivity index (χ3v) is 5.30. The number of hydrogen-bond donors (Lipinski definition) is 0. The van der Waals surface area contributed by atoms with Crippen LogP contribution in [0.5, 0.6) is 11.5 Å². The van der Waals surface area contributed by atoms with Crippen LogP contribution in [0.2, 0.25) is 0 Å². The molecule has 2 aromatic carbocycles. The Morgan fingerprint density at radius 3 is 2.24 bits per heavy atom. The van der Waals surface area contributed by atoms with Gasteiger partial charge < -0.3 is 13.9 Å². The van der Waals surface area contributed by atoms with Crippen LogP contribution in [0.1, 0.15) is 16.9 Å². The van der Waals surface area contributed by atoms with Gasteiger partial charge in [0.25, 0.3) is 0 Å². The minimum absolute atomic E-state index is 0.534. The minimum atomic E-state index is 0.534. The van der Waals surface area contributed by atoms with E-state index in [0.29, 0.717) is 6.61 Å². The zero-order chi connectivity index (χ0) is 19.9. The molecular weight excluding hydrogens is 364 g/mol. The highest BCUT2D eigenvalue weighted by Gasteiger charge is 2.18. The summed E-state index contributed by atoms with van der Waals surface area (Å²) in [5, 5.41) is 0. The first-order valence-electron chi connectivity index (χ1n) is 10.1. The molecule has 1 fully saturated rings. The number of ether oxygens (including phenoxy) is 2. The molecule has 0 atom stereocenters. The smallest absolute Gasteiger partial charge is 0.161 e.